The molecule has 11 heteroatoms. The zero-order valence-electron chi connectivity index (χ0n) is 15.2. The van der Waals surface area contributed by atoms with Crippen LogP contribution in [0.1, 0.15) is 58.3 Å². The van der Waals surface area contributed by atoms with Crippen LogP contribution in [-0.4, -0.2) is 44.3 Å². The zero-order valence-corrected chi connectivity index (χ0v) is 16.0. The molecule has 3 amide bonds. The fourth-order valence-electron chi connectivity index (χ4n) is 3.00. The number of nitrogens with zero attached hydrogens (tertiary/aromatic N) is 4. The number of fused-ring (bicyclic) bond motifs is 1. The fourth-order valence-corrected chi connectivity index (χ4v) is 4.03. The molecule has 1 aliphatic rings. The lowest BCUT2D eigenvalue weighted by molar-refractivity contribution is -0.385. The topological polar surface area (TPSA) is 135 Å². The predicted octanol–water partition coefficient (Wildman–Crippen LogP) is 2.58. The summed E-state index contributed by atoms with van der Waals surface area (Å²) >= 11 is 1.24. The number of hydrogen-bond acceptors (Lipinski definition) is 8. The summed E-state index contributed by atoms with van der Waals surface area (Å²) in [5, 5.41) is 22.7. The summed E-state index contributed by atoms with van der Waals surface area (Å²) in [5.74, 6) is -1.99. The van der Waals surface area contributed by atoms with Crippen molar-refractivity contribution in [3.63, 3.8) is 0 Å². The smallest absolute Gasteiger partial charge is 0.282 e. The molecular formula is C17H17N5O5S. The zero-order chi connectivity index (χ0) is 20.4. The third-order valence-corrected chi connectivity index (χ3v) is 5.50. The van der Waals surface area contributed by atoms with Crippen LogP contribution in [0.3, 0.4) is 0 Å². The van der Waals surface area contributed by atoms with Gasteiger partial charge in [-0.2, -0.15) is 0 Å². The molecule has 0 aliphatic carbocycles. The number of hydrogen-bond donors (Lipinski definition) is 1. The molecule has 0 spiro atoms. The number of carbonyl (C=O) groups excluding carboxylic acids is 3. The maximum absolute atomic E-state index is 12.5. The first-order valence-electron chi connectivity index (χ1n) is 8.64. The normalized spacial score (nSPS) is 13.2. The molecule has 0 atom stereocenters. The summed E-state index contributed by atoms with van der Waals surface area (Å²) in [6.07, 6.45) is 1.79. The average Bonchev–Trinajstić information content (AvgIpc) is 3.21. The number of anilines is 1. The number of nitrogens with one attached hydrogen (secondary N) is 1. The summed E-state index contributed by atoms with van der Waals surface area (Å²) in [6.45, 7) is 3.51. The van der Waals surface area contributed by atoms with E-state index >= 15 is 0 Å². The van der Waals surface area contributed by atoms with Gasteiger partial charge >= 0.3 is 0 Å². The highest BCUT2D eigenvalue weighted by molar-refractivity contribution is 7.15. The van der Waals surface area contributed by atoms with Crippen LogP contribution in [0.5, 0.6) is 0 Å². The number of benzene rings is 1. The van der Waals surface area contributed by atoms with Gasteiger partial charge in [-0.1, -0.05) is 31.3 Å². The molecule has 146 valence electrons. The maximum Gasteiger partial charge on any atom is 0.282 e. The van der Waals surface area contributed by atoms with Gasteiger partial charge in [-0.25, -0.2) is 0 Å². The van der Waals surface area contributed by atoms with Gasteiger partial charge in [-0.3, -0.25) is 34.7 Å². The molecule has 28 heavy (non-hydrogen) atoms. The first-order chi connectivity index (χ1) is 13.4. The third kappa shape index (κ3) is 3.48. The van der Waals surface area contributed by atoms with E-state index in [1.807, 2.05) is 13.8 Å². The second kappa shape index (κ2) is 7.80. The molecule has 2 heterocycles. The van der Waals surface area contributed by atoms with Gasteiger partial charge < -0.3 is 0 Å². The number of imide groups is 1. The molecule has 0 radical (unpaired) electrons. The minimum absolute atomic E-state index is 0.0843. The van der Waals surface area contributed by atoms with E-state index in [2.05, 4.69) is 15.5 Å². The maximum atomic E-state index is 12.5. The molecular weight excluding hydrogens is 386 g/mol. The van der Waals surface area contributed by atoms with Crippen molar-refractivity contribution in [2.45, 2.75) is 32.6 Å². The van der Waals surface area contributed by atoms with Crippen LogP contribution >= 0.6 is 11.3 Å². The Kier molecular flexibility index (Phi) is 5.45. The van der Waals surface area contributed by atoms with Crippen LogP contribution in [0.15, 0.2) is 18.2 Å². The Morgan fingerprint density at radius 3 is 2.61 bits per heavy atom. The van der Waals surface area contributed by atoms with Crippen molar-refractivity contribution in [2.24, 2.45) is 0 Å². The molecule has 3 rings (SSSR count). The van der Waals surface area contributed by atoms with Crippen LogP contribution < -0.4 is 5.32 Å². The lowest BCUT2D eigenvalue weighted by Gasteiger charge is -2.12. The van der Waals surface area contributed by atoms with E-state index in [0.717, 1.165) is 23.9 Å². The highest BCUT2D eigenvalue weighted by Crippen LogP contribution is 2.31. The Hall–Kier alpha value is -3.21. The molecule has 1 aromatic heterocycles. The van der Waals surface area contributed by atoms with E-state index in [4.69, 9.17) is 0 Å². The Labute approximate surface area is 163 Å². The number of nitro groups is 1. The van der Waals surface area contributed by atoms with Gasteiger partial charge in [-0.15, -0.1) is 10.2 Å². The monoisotopic (exact) mass is 403 g/mol. The summed E-state index contributed by atoms with van der Waals surface area (Å²) < 4.78 is 0. The summed E-state index contributed by atoms with van der Waals surface area (Å²) in [6, 6.07) is 3.80. The Morgan fingerprint density at radius 1 is 1.25 bits per heavy atom. The van der Waals surface area contributed by atoms with Crippen molar-refractivity contribution in [1.82, 2.24) is 15.1 Å². The average molecular weight is 403 g/mol. The molecule has 0 saturated carbocycles. The van der Waals surface area contributed by atoms with E-state index in [9.17, 15) is 24.5 Å². The van der Waals surface area contributed by atoms with E-state index in [0.29, 0.717) is 4.90 Å². The SMILES string of the molecule is CCC(CC)c1nnc(NC(=O)CN2C(=O)c3cccc([N+](=O)[O-])c3C2=O)s1. The van der Waals surface area contributed by atoms with E-state index < -0.39 is 34.9 Å². The molecule has 0 unspecified atom stereocenters. The lowest BCUT2D eigenvalue weighted by atomic mass is 10.1. The van der Waals surface area contributed by atoms with Crippen LogP contribution in [0.4, 0.5) is 10.8 Å². The van der Waals surface area contributed by atoms with Crippen molar-refractivity contribution in [3.8, 4) is 0 Å². The highest BCUT2D eigenvalue weighted by atomic mass is 32.1. The molecule has 2 aromatic rings. The minimum atomic E-state index is -0.863. The standard InChI is InChI=1S/C17H17N5O5S/c1-3-9(4-2)14-19-20-17(28-14)18-12(23)8-21-15(24)10-6-5-7-11(22(26)27)13(10)16(21)25/h5-7,9H,3-4,8H2,1-2H3,(H,18,20,23). The number of nitro benzene ring substituents is 1. The summed E-state index contributed by atoms with van der Waals surface area (Å²) in [4.78, 5) is 48.3. The van der Waals surface area contributed by atoms with E-state index in [1.54, 1.807) is 0 Å². The summed E-state index contributed by atoms with van der Waals surface area (Å²) in [7, 11) is 0. The van der Waals surface area contributed by atoms with Crippen molar-refractivity contribution in [3.05, 3.63) is 44.4 Å². The minimum Gasteiger partial charge on any atom is -0.299 e. The first kappa shape index (κ1) is 19.5. The van der Waals surface area contributed by atoms with Gasteiger partial charge in [0.1, 0.15) is 17.1 Å². The van der Waals surface area contributed by atoms with Crippen molar-refractivity contribution in [1.29, 1.82) is 0 Å². The number of rotatable bonds is 7. The van der Waals surface area contributed by atoms with Gasteiger partial charge in [0.15, 0.2) is 0 Å². The third-order valence-electron chi connectivity index (χ3n) is 4.50. The molecule has 1 N–H and O–H groups in total. The largest absolute Gasteiger partial charge is 0.299 e. The van der Waals surface area contributed by atoms with Gasteiger partial charge in [0.2, 0.25) is 11.0 Å². The molecule has 10 nitrogen and oxygen atoms in total. The predicted molar refractivity (Wildman–Crippen MR) is 100 cm³/mol. The van der Waals surface area contributed by atoms with Crippen molar-refractivity contribution >= 4 is 39.9 Å². The second-order valence-corrected chi connectivity index (χ2v) is 7.17. The molecule has 0 saturated heterocycles. The van der Waals surface area contributed by atoms with Crippen LogP contribution in [0, 0.1) is 10.1 Å². The number of aromatic nitrogens is 2. The van der Waals surface area contributed by atoms with E-state index in [-0.39, 0.29) is 22.2 Å². The Morgan fingerprint density at radius 2 is 1.96 bits per heavy atom. The van der Waals surface area contributed by atoms with Gasteiger partial charge in [0.05, 0.1) is 10.5 Å². The molecule has 1 aliphatic heterocycles. The van der Waals surface area contributed by atoms with Crippen molar-refractivity contribution < 1.29 is 19.3 Å². The van der Waals surface area contributed by atoms with Gasteiger partial charge in [-0.05, 0) is 18.9 Å². The van der Waals surface area contributed by atoms with Gasteiger partial charge in [0, 0.05) is 12.0 Å². The first-order valence-corrected chi connectivity index (χ1v) is 9.45. The highest BCUT2D eigenvalue weighted by Gasteiger charge is 2.41. The van der Waals surface area contributed by atoms with Crippen LogP contribution in [0.2, 0.25) is 0 Å². The Bertz CT molecular complexity index is 969. The number of carbonyl (C=O) groups is 3. The fraction of sp³-hybridized carbons (Fsp3) is 0.353. The Balaban J connectivity index is 1.73. The lowest BCUT2D eigenvalue weighted by Crippen LogP contribution is -2.37. The van der Waals surface area contributed by atoms with Crippen LogP contribution in [-0.2, 0) is 4.79 Å². The molecule has 0 fully saturated rings. The quantitative estimate of drug-likeness (QED) is 0.426. The molecule has 0 bridgehead atoms. The van der Waals surface area contributed by atoms with Crippen LogP contribution in [0.25, 0.3) is 0 Å². The van der Waals surface area contributed by atoms with E-state index in [1.165, 1.54) is 23.5 Å². The second-order valence-electron chi connectivity index (χ2n) is 6.16. The molecule has 1 aromatic carbocycles. The summed E-state index contributed by atoms with van der Waals surface area (Å²) in [5.41, 5.74) is -0.839. The van der Waals surface area contributed by atoms with Crippen molar-refractivity contribution in [2.75, 3.05) is 11.9 Å². The van der Waals surface area contributed by atoms with Gasteiger partial charge in [0.25, 0.3) is 17.5 Å². The number of amides is 3.